The van der Waals surface area contributed by atoms with E-state index in [-0.39, 0.29) is 18.4 Å². The molecule has 1 aromatic carbocycles. The summed E-state index contributed by atoms with van der Waals surface area (Å²) in [4.78, 5) is 10.7. The predicted octanol–water partition coefficient (Wildman–Crippen LogP) is 1.62. The molecule has 0 fully saturated rings. The number of primary amides is 1. The number of hydrogen-bond donors (Lipinski definition) is 2. The minimum atomic E-state index is -0.387. The van der Waals surface area contributed by atoms with Gasteiger partial charge in [-0.05, 0) is 18.1 Å². The molecule has 0 saturated heterocycles. The Bertz CT molecular complexity index is 438. The van der Waals surface area contributed by atoms with Crippen molar-refractivity contribution in [2.24, 2.45) is 11.5 Å². The van der Waals surface area contributed by atoms with Gasteiger partial charge in [0.2, 0.25) is 5.91 Å². The van der Waals surface area contributed by atoms with Crippen LogP contribution in [0, 0.1) is 0 Å². The summed E-state index contributed by atoms with van der Waals surface area (Å²) in [5, 5.41) is 0.477. The maximum Gasteiger partial charge on any atom is 0.217 e. The fraction of sp³-hybridized carbons (Fsp3) is 0.417. The van der Waals surface area contributed by atoms with E-state index in [4.69, 9.17) is 32.5 Å². The van der Waals surface area contributed by atoms with Gasteiger partial charge in [0.15, 0.2) is 11.5 Å². The molecule has 1 rings (SSSR count). The van der Waals surface area contributed by atoms with Gasteiger partial charge in [0, 0.05) is 23.6 Å². The van der Waals surface area contributed by atoms with E-state index in [1.54, 1.807) is 12.1 Å². The number of rotatable bonds is 6. The second-order valence-corrected chi connectivity index (χ2v) is 4.25. The Morgan fingerprint density at radius 3 is 2.39 bits per heavy atom. The fourth-order valence-electron chi connectivity index (χ4n) is 1.61. The van der Waals surface area contributed by atoms with Gasteiger partial charge < -0.3 is 20.9 Å². The van der Waals surface area contributed by atoms with E-state index in [0.717, 1.165) is 0 Å². The second-order valence-electron chi connectivity index (χ2n) is 3.84. The summed E-state index contributed by atoms with van der Waals surface area (Å²) in [5.41, 5.74) is 11.8. The highest BCUT2D eigenvalue weighted by Gasteiger charge is 2.15. The first kappa shape index (κ1) is 14.6. The minimum absolute atomic E-state index is 0.214. The Balaban J connectivity index is 2.97. The first-order valence-corrected chi connectivity index (χ1v) is 5.82. The molecule has 0 heterocycles. The molecule has 0 saturated carbocycles. The number of carbonyl (C=O) groups excluding carboxylic acids is 1. The Hall–Kier alpha value is -1.46. The van der Waals surface area contributed by atoms with Crippen molar-refractivity contribution in [1.82, 2.24) is 0 Å². The molecule has 6 heteroatoms. The van der Waals surface area contributed by atoms with Gasteiger partial charge in [-0.3, -0.25) is 4.79 Å². The molecule has 18 heavy (non-hydrogen) atoms. The van der Waals surface area contributed by atoms with Gasteiger partial charge in [-0.25, -0.2) is 0 Å². The lowest BCUT2D eigenvalue weighted by Crippen LogP contribution is -2.17. The van der Waals surface area contributed by atoms with Crippen LogP contribution in [0.25, 0.3) is 0 Å². The maximum absolute atomic E-state index is 10.7. The highest BCUT2D eigenvalue weighted by atomic mass is 35.5. The van der Waals surface area contributed by atoms with Gasteiger partial charge in [-0.15, -0.1) is 0 Å². The zero-order chi connectivity index (χ0) is 13.7. The van der Waals surface area contributed by atoms with Crippen molar-refractivity contribution in [2.45, 2.75) is 18.9 Å². The highest BCUT2D eigenvalue weighted by Crippen LogP contribution is 2.36. The summed E-state index contributed by atoms with van der Waals surface area (Å²) in [6, 6.07) is 2.98. The Morgan fingerprint density at radius 2 is 1.89 bits per heavy atom. The van der Waals surface area contributed by atoms with Crippen LogP contribution in [-0.4, -0.2) is 20.1 Å². The largest absolute Gasteiger partial charge is 0.493 e. The molecular weight excluding hydrogens is 256 g/mol. The molecule has 5 nitrogen and oxygen atoms in total. The predicted molar refractivity (Wildman–Crippen MR) is 69.9 cm³/mol. The van der Waals surface area contributed by atoms with Crippen LogP contribution in [0.15, 0.2) is 12.1 Å². The fourth-order valence-corrected chi connectivity index (χ4v) is 1.90. The van der Waals surface area contributed by atoms with Crippen molar-refractivity contribution in [2.75, 3.05) is 14.2 Å². The van der Waals surface area contributed by atoms with Gasteiger partial charge >= 0.3 is 0 Å². The number of amides is 1. The molecule has 0 aromatic heterocycles. The Morgan fingerprint density at radius 1 is 1.33 bits per heavy atom. The standard InChI is InChI=1S/C12H17ClN2O3/c1-17-10-5-7(8(13)6-11(10)18-2)9(14)3-4-12(15)16/h5-6,9H,3-4,14H2,1-2H3,(H2,15,16). The number of carbonyl (C=O) groups is 1. The molecule has 0 radical (unpaired) electrons. The zero-order valence-corrected chi connectivity index (χ0v) is 11.2. The summed E-state index contributed by atoms with van der Waals surface area (Å²) in [6.07, 6.45) is 0.649. The zero-order valence-electron chi connectivity index (χ0n) is 10.4. The number of methoxy groups -OCH3 is 2. The summed E-state index contributed by atoms with van der Waals surface area (Å²) in [6.45, 7) is 0. The van der Waals surface area contributed by atoms with Gasteiger partial charge in [-0.1, -0.05) is 11.6 Å². The van der Waals surface area contributed by atoms with Gasteiger partial charge in [0.25, 0.3) is 0 Å². The third-order valence-corrected chi connectivity index (χ3v) is 2.93. The smallest absolute Gasteiger partial charge is 0.217 e. The van der Waals surface area contributed by atoms with Crippen molar-refractivity contribution < 1.29 is 14.3 Å². The average Bonchev–Trinajstić information content (AvgIpc) is 2.35. The van der Waals surface area contributed by atoms with Crippen LogP contribution < -0.4 is 20.9 Å². The Kier molecular flexibility index (Phi) is 5.25. The minimum Gasteiger partial charge on any atom is -0.493 e. The number of ether oxygens (including phenoxy) is 2. The quantitative estimate of drug-likeness (QED) is 0.824. The molecular formula is C12H17ClN2O3. The van der Waals surface area contributed by atoms with E-state index in [1.807, 2.05) is 0 Å². The van der Waals surface area contributed by atoms with E-state index >= 15 is 0 Å². The molecule has 0 aliphatic heterocycles. The van der Waals surface area contributed by atoms with Crippen LogP contribution in [-0.2, 0) is 4.79 Å². The third kappa shape index (κ3) is 3.51. The normalized spacial score (nSPS) is 12.0. The van der Waals surface area contributed by atoms with Crippen LogP contribution in [0.4, 0.5) is 0 Å². The van der Waals surface area contributed by atoms with Crippen molar-refractivity contribution in [3.8, 4) is 11.5 Å². The second kappa shape index (κ2) is 6.47. The van der Waals surface area contributed by atoms with Gasteiger partial charge in [0.1, 0.15) is 0 Å². The lowest BCUT2D eigenvalue weighted by molar-refractivity contribution is -0.118. The van der Waals surface area contributed by atoms with Crippen molar-refractivity contribution in [3.05, 3.63) is 22.7 Å². The van der Waals surface area contributed by atoms with Gasteiger partial charge in [0.05, 0.1) is 14.2 Å². The summed E-state index contributed by atoms with van der Waals surface area (Å²) < 4.78 is 10.3. The lowest BCUT2D eigenvalue weighted by atomic mass is 10.0. The molecule has 0 aliphatic rings. The summed E-state index contributed by atoms with van der Waals surface area (Å²) >= 11 is 6.12. The SMILES string of the molecule is COc1cc(Cl)c(C(N)CCC(N)=O)cc1OC. The number of benzene rings is 1. The molecule has 100 valence electrons. The lowest BCUT2D eigenvalue weighted by Gasteiger charge is -2.16. The molecule has 0 spiro atoms. The van der Waals surface area contributed by atoms with Crippen LogP contribution in [0.2, 0.25) is 5.02 Å². The molecule has 0 aliphatic carbocycles. The van der Waals surface area contributed by atoms with Crippen LogP contribution >= 0.6 is 11.6 Å². The van der Waals surface area contributed by atoms with E-state index in [0.29, 0.717) is 28.5 Å². The topological polar surface area (TPSA) is 87.6 Å². The van der Waals surface area contributed by atoms with Crippen LogP contribution in [0.5, 0.6) is 11.5 Å². The Labute approximate surface area is 111 Å². The maximum atomic E-state index is 10.7. The van der Waals surface area contributed by atoms with E-state index < -0.39 is 0 Å². The molecule has 4 N–H and O–H groups in total. The first-order valence-electron chi connectivity index (χ1n) is 5.45. The van der Waals surface area contributed by atoms with E-state index in [1.165, 1.54) is 14.2 Å². The van der Waals surface area contributed by atoms with E-state index in [2.05, 4.69) is 0 Å². The van der Waals surface area contributed by atoms with Crippen LogP contribution in [0.1, 0.15) is 24.4 Å². The highest BCUT2D eigenvalue weighted by molar-refractivity contribution is 6.31. The molecule has 1 amide bonds. The molecule has 1 aromatic rings. The monoisotopic (exact) mass is 272 g/mol. The molecule has 0 bridgehead atoms. The summed E-state index contributed by atoms with van der Waals surface area (Å²) in [5.74, 6) is 0.696. The first-order chi connectivity index (χ1) is 8.49. The van der Waals surface area contributed by atoms with E-state index in [9.17, 15) is 4.79 Å². The van der Waals surface area contributed by atoms with Crippen molar-refractivity contribution >= 4 is 17.5 Å². The van der Waals surface area contributed by atoms with Gasteiger partial charge in [-0.2, -0.15) is 0 Å². The molecule has 1 atom stereocenters. The third-order valence-electron chi connectivity index (χ3n) is 2.60. The van der Waals surface area contributed by atoms with Crippen molar-refractivity contribution in [3.63, 3.8) is 0 Å². The average molecular weight is 273 g/mol. The molecule has 1 unspecified atom stereocenters. The van der Waals surface area contributed by atoms with Crippen molar-refractivity contribution in [1.29, 1.82) is 0 Å². The number of hydrogen-bond acceptors (Lipinski definition) is 4. The van der Waals surface area contributed by atoms with Crippen LogP contribution in [0.3, 0.4) is 0 Å². The summed E-state index contributed by atoms with van der Waals surface area (Å²) in [7, 11) is 3.06. The number of halogens is 1. The number of nitrogens with two attached hydrogens (primary N) is 2.